The van der Waals surface area contributed by atoms with Crippen molar-refractivity contribution in [2.75, 3.05) is 6.61 Å². The van der Waals surface area contributed by atoms with E-state index in [1.165, 1.54) is 12.5 Å². The summed E-state index contributed by atoms with van der Waals surface area (Å²) in [5.74, 6) is -3.48. The topological polar surface area (TPSA) is 200 Å². The number of aliphatic hydroxyl groups excluding tert-OH is 1. The number of amides is 3. The molecule has 3 amide bonds. The fourth-order valence-electron chi connectivity index (χ4n) is 3.10. The van der Waals surface area contributed by atoms with E-state index in [0.29, 0.717) is 12.1 Å². The van der Waals surface area contributed by atoms with Crippen LogP contribution >= 0.6 is 0 Å². The van der Waals surface area contributed by atoms with Gasteiger partial charge in [0.1, 0.15) is 24.2 Å². The minimum absolute atomic E-state index is 0.0214. The maximum Gasteiger partial charge on any atom is 0.326 e. The number of hydrogen-bond donors (Lipinski definition) is 7. The highest BCUT2D eigenvalue weighted by Crippen LogP contribution is 2.10. The molecule has 1 aromatic rings. The van der Waals surface area contributed by atoms with Gasteiger partial charge in [-0.2, -0.15) is 0 Å². The van der Waals surface area contributed by atoms with E-state index in [2.05, 4.69) is 25.9 Å². The second-order valence-corrected chi connectivity index (χ2v) is 8.53. The molecule has 12 nitrogen and oxygen atoms in total. The van der Waals surface area contributed by atoms with Gasteiger partial charge in [-0.25, -0.2) is 9.78 Å². The van der Waals surface area contributed by atoms with Gasteiger partial charge in [-0.3, -0.25) is 14.4 Å². The molecule has 5 unspecified atom stereocenters. The van der Waals surface area contributed by atoms with Crippen molar-refractivity contribution in [2.45, 2.75) is 71.1 Å². The molecule has 0 bridgehead atoms. The highest BCUT2D eigenvalue weighted by atomic mass is 16.4. The van der Waals surface area contributed by atoms with Gasteiger partial charge in [0, 0.05) is 18.3 Å². The number of aliphatic hydroxyl groups is 1. The van der Waals surface area contributed by atoms with Crippen LogP contribution in [0.25, 0.3) is 0 Å². The van der Waals surface area contributed by atoms with Crippen LogP contribution in [0.4, 0.5) is 0 Å². The Bertz CT molecular complexity index is 784. The Kier molecular flexibility index (Phi) is 11.5. The Morgan fingerprint density at radius 1 is 1.06 bits per heavy atom. The van der Waals surface area contributed by atoms with Crippen LogP contribution in [-0.2, 0) is 25.6 Å². The van der Waals surface area contributed by atoms with E-state index >= 15 is 0 Å². The summed E-state index contributed by atoms with van der Waals surface area (Å²) in [6.45, 7) is 6.65. The molecule has 1 aromatic heterocycles. The van der Waals surface area contributed by atoms with Crippen molar-refractivity contribution in [2.24, 2.45) is 17.6 Å². The molecular formula is C21H36N6O6. The minimum Gasteiger partial charge on any atom is -0.480 e. The number of rotatable bonds is 14. The largest absolute Gasteiger partial charge is 0.480 e. The molecule has 0 radical (unpaired) electrons. The predicted molar refractivity (Wildman–Crippen MR) is 120 cm³/mol. The molecule has 1 heterocycles. The molecule has 0 aliphatic carbocycles. The number of carbonyl (C=O) groups is 4. The van der Waals surface area contributed by atoms with Crippen molar-refractivity contribution in [3.05, 3.63) is 18.2 Å². The summed E-state index contributed by atoms with van der Waals surface area (Å²) < 4.78 is 0. The van der Waals surface area contributed by atoms with Crippen LogP contribution in [0, 0.1) is 11.8 Å². The number of carboxylic acids is 1. The monoisotopic (exact) mass is 468 g/mol. The van der Waals surface area contributed by atoms with E-state index in [9.17, 15) is 24.3 Å². The Morgan fingerprint density at radius 3 is 2.15 bits per heavy atom. The molecule has 0 spiro atoms. The number of H-pyrrole nitrogens is 1. The first-order valence-electron chi connectivity index (χ1n) is 11.0. The first kappa shape index (κ1) is 28.0. The number of carbonyl (C=O) groups excluding carboxylic acids is 3. The van der Waals surface area contributed by atoms with Gasteiger partial charge in [0.2, 0.25) is 17.7 Å². The number of hydrogen-bond acceptors (Lipinski definition) is 7. The summed E-state index contributed by atoms with van der Waals surface area (Å²) in [5.41, 5.74) is 6.09. The van der Waals surface area contributed by atoms with Crippen molar-refractivity contribution in [3.63, 3.8) is 0 Å². The van der Waals surface area contributed by atoms with Crippen LogP contribution in [0.3, 0.4) is 0 Å². The zero-order valence-corrected chi connectivity index (χ0v) is 19.5. The van der Waals surface area contributed by atoms with E-state index in [0.717, 1.165) is 0 Å². The summed E-state index contributed by atoms with van der Waals surface area (Å²) in [7, 11) is 0. The molecule has 33 heavy (non-hydrogen) atoms. The van der Waals surface area contributed by atoms with Gasteiger partial charge in [0.25, 0.3) is 0 Å². The number of nitrogens with two attached hydrogens (primary N) is 1. The predicted octanol–water partition coefficient (Wildman–Crippen LogP) is -1.10. The normalized spacial score (nSPS) is 15.7. The molecule has 0 saturated heterocycles. The summed E-state index contributed by atoms with van der Waals surface area (Å²) in [4.78, 5) is 56.6. The van der Waals surface area contributed by atoms with Crippen molar-refractivity contribution in [1.82, 2.24) is 25.9 Å². The minimum atomic E-state index is -1.19. The first-order valence-corrected chi connectivity index (χ1v) is 11.0. The Labute approximate surface area is 193 Å². The van der Waals surface area contributed by atoms with Crippen molar-refractivity contribution in [3.8, 4) is 0 Å². The van der Waals surface area contributed by atoms with Gasteiger partial charge in [-0.15, -0.1) is 0 Å². The van der Waals surface area contributed by atoms with E-state index in [1.807, 2.05) is 20.8 Å². The maximum absolute atomic E-state index is 13.0. The molecule has 8 N–H and O–H groups in total. The number of aliphatic carboxylic acids is 1. The lowest BCUT2D eigenvalue weighted by Crippen LogP contribution is -2.58. The summed E-state index contributed by atoms with van der Waals surface area (Å²) in [6.07, 6.45) is 3.73. The Morgan fingerprint density at radius 2 is 1.67 bits per heavy atom. The van der Waals surface area contributed by atoms with Gasteiger partial charge in [-0.1, -0.05) is 34.1 Å². The lowest BCUT2D eigenvalue weighted by atomic mass is 9.98. The third kappa shape index (κ3) is 9.18. The van der Waals surface area contributed by atoms with Gasteiger partial charge < -0.3 is 36.9 Å². The van der Waals surface area contributed by atoms with Crippen molar-refractivity contribution >= 4 is 23.7 Å². The standard InChI is InChI=1S/C21H36N6O6/c1-5-12(4)17(21(32)33)27-20(31)16(7-13-8-23-10-24-13)26-19(30)15(6-11(2)3)25-18(29)14(22)9-28/h8,10-12,14-17,28H,5-7,9,22H2,1-4H3,(H,23,24)(H,25,29)(H,26,30)(H,27,31)(H,32,33). The van der Waals surface area contributed by atoms with Gasteiger partial charge in [0.05, 0.1) is 12.9 Å². The van der Waals surface area contributed by atoms with Gasteiger partial charge in [-0.05, 0) is 18.3 Å². The van der Waals surface area contributed by atoms with Crippen molar-refractivity contribution in [1.29, 1.82) is 0 Å². The number of imidazole rings is 1. The van der Waals surface area contributed by atoms with Crippen LogP contribution in [0.2, 0.25) is 0 Å². The van der Waals surface area contributed by atoms with Crippen LogP contribution < -0.4 is 21.7 Å². The zero-order chi connectivity index (χ0) is 25.1. The van der Waals surface area contributed by atoms with E-state index < -0.39 is 54.5 Å². The summed E-state index contributed by atoms with van der Waals surface area (Å²) >= 11 is 0. The summed E-state index contributed by atoms with van der Waals surface area (Å²) in [6, 6.07) is -4.44. The second kappa shape index (κ2) is 13.5. The molecule has 0 aliphatic rings. The fourth-order valence-corrected chi connectivity index (χ4v) is 3.10. The molecule has 1 rings (SSSR count). The average molecular weight is 469 g/mol. The molecule has 0 aromatic carbocycles. The van der Waals surface area contributed by atoms with Gasteiger partial charge in [0.15, 0.2) is 0 Å². The number of carboxylic acid groups (broad SMARTS) is 1. The zero-order valence-electron chi connectivity index (χ0n) is 19.5. The van der Waals surface area contributed by atoms with Crippen molar-refractivity contribution < 1.29 is 29.4 Å². The lowest BCUT2D eigenvalue weighted by molar-refractivity contribution is -0.143. The first-order chi connectivity index (χ1) is 15.5. The van der Waals surface area contributed by atoms with E-state index in [-0.39, 0.29) is 24.7 Å². The molecule has 0 saturated carbocycles. The number of nitrogens with one attached hydrogen (secondary N) is 4. The molecule has 0 fully saturated rings. The van der Waals surface area contributed by atoms with Crippen LogP contribution in [0.1, 0.15) is 46.2 Å². The number of nitrogens with zero attached hydrogens (tertiary/aromatic N) is 1. The smallest absolute Gasteiger partial charge is 0.326 e. The Hall–Kier alpha value is -2.99. The molecular weight excluding hydrogens is 432 g/mol. The number of aromatic nitrogens is 2. The van der Waals surface area contributed by atoms with Crippen LogP contribution in [-0.4, -0.2) is 74.6 Å². The maximum atomic E-state index is 13.0. The summed E-state index contributed by atoms with van der Waals surface area (Å²) in [5, 5.41) is 26.2. The lowest BCUT2D eigenvalue weighted by Gasteiger charge is -2.27. The molecule has 186 valence electrons. The van der Waals surface area contributed by atoms with Crippen LogP contribution in [0.5, 0.6) is 0 Å². The van der Waals surface area contributed by atoms with E-state index in [1.54, 1.807) is 6.92 Å². The van der Waals surface area contributed by atoms with E-state index in [4.69, 9.17) is 10.8 Å². The third-order valence-electron chi connectivity index (χ3n) is 5.26. The third-order valence-corrected chi connectivity index (χ3v) is 5.26. The quantitative estimate of drug-likeness (QED) is 0.178. The highest BCUT2D eigenvalue weighted by molar-refractivity contribution is 5.94. The van der Waals surface area contributed by atoms with Gasteiger partial charge >= 0.3 is 5.97 Å². The molecule has 12 heteroatoms. The molecule has 5 atom stereocenters. The Balaban J connectivity index is 3.08. The van der Waals surface area contributed by atoms with Crippen LogP contribution in [0.15, 0.2) is 12.5 Å². The highest BCUT2D eigenvalue weighted by Gasteiger charge is 2.32. The molecule has 0 aliphatic heterocycles. The SMILES string of the molecule is CCC(C)C(NC(=O)C(Cc1cnc[nH]1)NC(=O)C(CC(C)C)NC(=O)C(N)CO)C(=O)O. The average Bonchev–Trinajstić information content (AvgIpc) is 3.27. The number of aromatic amines is 1. The fraction of sp³-hybridized carbons (Fsp3) is 0.667. The second-order valence-electron chi connectivity index (χ2n) is 8.53.